The molecule has 2 fully saturated rings. The van der Waals surface area contributed by atoms with Crippen molar-refractivity contribution in [2.24, 2.45) is 5.92 Å². The van der Waals surface area contributed by atoms with Crippen LogP contribution in [0.3, 0.4) is 0 Å². The second-order valence-electron chi connectivity index (χ2n) is 5.70. The summed E-state index contributed by atoms with van der Waals surface area (Å²) in [6, 6.07) is 8.02. The minimum atomic E-state index is 0. The summed E-state index contributed by atoms with van der Waals surface area (Å²) in [5.74, 6) is 0.341. The highest BCUT2D eigenvalue weighted by Crippen LogP contribution is 2.48. The highest BCUT2D eigenvalue weighted by molar-refractivity contribution is 6.30. The van der Waals surface area contributed by atoms with Gasteiger partial charge in [-0.25, -0.2) is 0 Å². The van der Waals surface area contributed by atoms with E-state index in [2.05, 4.69) is 16.7 Å². The van der Waals surface area contributed by atoms with Gasteiger partial charge >= 0.3 is 0 Å². The normalized spacial score (nSPS) is 22.9. The van der Waals surface area contributed by atoms with Crippen molar-refractivity contribution in [3.05, 3.63) is 34.9 Å². The second-order valence-corrected chi connectivity index (χ2v) is 6.13. The Morgan fingerprint density at radius 2 is 2.25 bits per heavy atom. The Balaban J connectivity index is 0.00000147. The number of rotatable bonds is 4. The van der Waals surface area contributed by atoms with E-state index in [0.717, 1.165) is 43.9 Å². The van der Waals surface area contributed by atoms with Gasteiger partial charge < -0.3 is 10.6 Å². The van der Waals surface area contributed by atoms with Crippen LogP contribution in [0.25, 0.3) is 0 Å². The molecule has 0 spiro atoms. The van der Waals surface area contributed by atoms with E-state index in [4.69, 9.17) is 11.6 Å². The zero-order valence-electron chi connectivity index (χ0n) is 11.3. The van der Waals surface area contributed by atoms with E-state index in [1.807, 2.05) is 18.2 Å². The molecule has 1 atom stereocenters. The highest BCUT2D eigenvalue weighted by Gasteiger charge is 2.44. The smallest absolute Gasteiger partial charge is 0.224 e. The summed E-state index contributed by atoms with van der Waals surface area (Å²) < 4.78 is 0. The van der Waals surface area contributed by atoms with E-state index in [-0.39, 0.29) is 29.6 Å². The summed E-state index contributed by atoms with van der Waals surface area (Å²) in [4.78, 5) is 12.0. The average Bonchev–Trinajstić information content (AvgIpc) is 3.00. The Morgan fingerprint density at radius 3 is 2.85 bits per heavy atom. The summed E-state index contributed by atoms with van der Waals surface area (Å²) in [7, 11) is 0. The number of halogens is 2. The fraction of sp³-hybridized carbons (Fsp3) is 0.533. The van der Waals surface area contributed by atoms with Gasteiger partial charge in [0.2, 0.25) is 5.91 Å². The lowest BCUT2D eigenvalue weighted by atomic mass is 9.95. The summed E-state index contributed by atoms with van der Waals surface area (Å²) in [6.45, 7) is 2.51. The molecule has 1 saturated carbocycles. The quantitative estimate of drug-likeness (QED) is 0.896. The predicted molar refractivity (Wildman–Crippen MR) is 83.6 cm³/mol. The average molecular weight is 315 g/mol. The predicted octanol–water partition coefficient (Wildman–Crippen LogP) is 2.52. The fourth-order valence-electron chi connectivity index (χ4n) is 2.82. The zero-order chi connectivity index (χ0) is 13.3. The molecule has 2 aliphatic rings. The standard InChI is InChI=1S/C15H19ClN2O.ClH/c16-13-3-1-2-12(8-13)15(5-6-15)10-18-14(19)11-4-7-17-9-11;/h1-3,8,11,17H,4-7,9-10H2,(H,18,19);1H. The molecule has 1 saturated heterocycles. The third-order valence-electron chi connectivity index (χ3n) is 4.32. The van der Waals surface area contributed by atoms with Crippen LogP contribution in [-0.4, -0.2) is 25.5 Å². The molecule has 1 aliphatic carbocycles. The van der Waals surface area contributed by atoms with Crippen LogP contribution >= 0.6 is 24.0 Å². The summed E-state index contributed by atoms with van der Waals surface area (Å²) in [5, 5.41) is 7.12. The van der Waals surface area contributed by atoms with E-state index in [1.165, 1.54) is 5.56 Å². The molecule has 1 aromatic rings. The van der Waals surface area contributed by atoms with E-state index in [0.29, 0.717) is 0 Å². The molecular weight excluding hydrogens is 295 g/mol. The number of hydrogen-bond donors (Lipinski definition) is 2. The molecule has 1 aromatic carbocycles. The minimum absolute atomic E-state index is 0. The summed E-state index contributed by atoms with van der Waals surface area (Å²) in [6.07, 6.45) is 3.23. The molecule has 0 radical (unpaired) electrons. The molecule has 1 amide bonds. The number of amides is 1. The lowest BCUT2D eigenvalue weighted by Gasteiger charge is -2.18. The van der Waals surface area contributed by atoms with E-state index < -0.39 is 0 Å². The molecular formula is C15H20Cl2N2O. The number of carbonyl (C=O) groups is 1. The van der Waals surface area contributed by atoms with Crippen LogP contribution in [0.5, 0.6) is 0 Å². The maximum absolute atomic E-state index is 12.0. The Morgan fingerprint density at radius 1 is 1.45 bits per heavy atom. The molecule has 0 aromatic heterocycles. The van der Waals surface area contributed by atoms with Crippen molar-refractivity contribution in [1.82, 2.24) is 10.6 Å². The lowest BCUT2D eigenvalue weighted by molar-refractivity contribution is -0.124. The largest absolute Gasteiger partial charge is 0.355 e. The van der Waals surface area contributed by atoms with Gasteiger partial charge in [0, 0.05) is 23.5 Å². The van der Waals surface area contributed by atoms with Crippen LogP contribution in [-0.2, 0) is 10.2 Å². The molecule has 5 heteroatoms. The first-order valence-corrected chi connectivity index (χ1v) is 7.32. The Kier molecular flexibility index (Phi) is 4.95. The monoisotopic (exact) mass is 314 g/mol. The number of hydrogen-bond acceptors (Lipinski definition) is 2. The number of carbonyl (C=O) groups excluding carboxylic acids is 1. The van der Waals surface area contributed by atoms with Crippen molar-refractivity contribution in [2.45, 2.75) is 24.7 Å². The molecule has 20 heavy (non-hydrogen) atoms. The van der Waals surface area contributed by atoms with Crippen LogP contribution in [0.4, 0.5) is 0 Å². The van der Waals surface area contributed by atoms with Crippen molar-refractivity contribution in [3.8, 4) is 0 Å². The first-order chi connectivity index (χ1) is 9.20. The maximum atomic E-state index is 12.0. The van der Waals surface area contributed by atoms with E-state index in [1.54, 1.807) is 0 Å². The van der Waals surface area contributed by atoms with Crippen LogP contribution in [0, 0.1) is 5.92 Å². The fourth-order valence-corrected chi connectivity index (χ4v) is 3.01. The number of nitrogens with one attached hydrogen (secondary N) is 2. The number of benzene rings is 1. The Bertz CT molecular complexity index is 483. The molecule has 1 unspecified atom stereocenters. The topological polar surface area (TPSA) is 41.1 Å². The summed E-state index contributed by atoms with van der Waals surface area (Å²) >= 11 is 6.05. The van der Waals surface area contributed by atoms with Crippen LogP contribution in [0.15, 0.2) is 24.3 Å². The van der Waals surface area contributed by atoms with Gasteiger partial charge in [-0.3, -0.25) is 4.79 Å². The maximum Gasteiger partial charge on any atom is 0.224 e. The van der Waals surface area contributed by atoms with Gasteiger partial charge in [0.15, 0.2) is 0 Å². The highest BCUT2D eigenvalue weighted by atomic mass is 35.5. The van der Waals surface area contributed by atoms with Gasteiger partial charge in [-0.05, 0) is 43.5 Å². The van der Waals surface area contributed by atoms with Crippen LogP contribution in [0.1, 0.15) is 24.8 Å². The molecule has 1 aliphatic heterocycles. The van der Waals surface area contributed by atoms with Crippen molar-refractivity contribution in [2.75, 3.05) is 19.6 Å². The third kappa shape index (κ3) is 3.27. The third-order valence-corrected chi connectivity index (χ3v) is 4.56. The Hall–Kier alpha value is -0.770. The van der Waals surface area contributed by atoms with Gasteiger partial charge in [0.05, 0.1) is 5.92 Å². The van der Waals surface area contributed by atoms with Gasteiger partial charge in [-0.2, -0.15) is 0 Å². The van der Waals surface area contributed by atoms with Gasteiger partial charge in [-0.15, -0.1) is 12.4 Å². The first kappa shape index (κ1) is 15.6. The SMILES string of the molecule is Cl.O=C(NCC1(c2cccc(Cl)c2)CC1)C1CCNC1. The van der Waals surface area contributed by atoms with Gasteiger partial charge in [0.1, 0.15) is 0 Å². The molecule has 110 valence electrons. The lowest BCUT2D eigenvalue weighted by Crippen LogP contribution is -2.37. The zero-order valence-corrected chi connectivity index (χ0v) is 12.9. The van der Waals surface area contributed by atoms with Crippen molar-refractivity contribution < 1.29 is 4.79 Å². The van der Waals surface area contributed by atoms with Crippen molar-refractivity contribution >= 4 is 29.9 Å². The molecule has 3 nitrogen and oxygen atoms in total. The van der Waals surface area contributed by atoms with Crippen LogP contribution in [0.2, 0.25) is 5.02 Å². The molecule has 1 heterocycles. The first-order valence-electron chi connectivity index (χ1n) is 6.94. The molecule has 0 bridgehead atoms. The summed E-state index contributed by atoms with van der Waals surface area (Å²) in [5.41, 5.74) is 1.39. The minimum Gasteiger partial charge on any atom is -0.355 e. The van der Waals surface area contributed by atoms with Gasteiger partial charge in [-0.1, -0.05) is 23.7 Å². The molecule has 2 N–H and O–H groups in total. The van der Waals surface area contributed by atoms with E-state index in [9.17, 15) is 4.79 Å². The second kappa shape index (κ2) is 6.33. The van der Waals surface area contributed by atoms with Crippen molar-refractivity contribution in [1.29, 1.82) is 0 Å². The van der Waals surface area contributed by atoms with E-state index >= 15 is 0 Å². The van der Waals surface area contributed by atoms with Crippen molar-refractivity contribution in [3.63, 3.8) is 0 Å². The molecule has 3 rings (SSSR count). The van der Waals surface area contributed by atoms with Gasteiger partial charge in [0.25, 0.3) is 0 Å². The van der Waals surface area contributed by atoms with Crippen LogP contribution < -0.4 is 10.6 Å². The Labute approximate surface area is 130 Å².